The number of nitrogens with two attached hydrogens (primary N) is 1. The Morgan fingerprint density at radius 2 is 1.67 bits per heavy atom. The van der Waals surface area contributed by atoms with E-state index in [0.717, 1.165) is 49.8 Å². The third-order valence-electron chi connectivity index (χ3n) is 6.14. The zero-order valence-electron chi connectivity index (χ0n) is 14.5. The highest BCUT2D eigenvalue weighted by Crippen LogP contribution is 2.39. The van der Waals surface area contributed by atoms with E-state index in [1.165, 1.54) is 0 Å². The van der Waals surface area contributed by atoms with Crippen molar-refractivity contribution in [2.75, 3.05) is 20.1 Å². The first kappa shape index (κ1) is 17.2. The monoisotopic (exact) mass is 336 g/mol. The van der Waals surface area contributed by atoms with E-state index in [1.807, 2.05) is 0 Å². The van der Waals surface area contributed by atoms with Crippen molar-refractivity contribution in [3.63, 3.8) is 0 Å². The van der Waals surface area contributed by atoms with Gasteiger partial charge in [0, 0.05) is 13.6 Å². The predicted molar refractivity (Wildman–Crippen MR) is 89.1 cm³/mol. The van der Waals surface area contributed by atoms with E-state index in [9.17, 15) is 14.4 Å². The average Bonchev–Trinajstić information content (AvgIpc) is 3.12. The van der Waals surface area contributed by atoms with Gasteiger partial charge in [0.05, 0.1) is 5.54 Å². The number of hydrogen-bond donors (Lipinski definition) is 2. The third kappa shape index (κ3) is 2.68. The molecule has 1 saturated heterocycles. The van der Waals surface area contributed by atoms with Crippen molar-refractivity contribution in [3.8, 4) is 0 Å². The molecule has 24 heavy (non-hydrogen) atoms. The van der Waals surface area contributed by atoms with Crippen LogP contribution in [0.3, 0.4) is 0 Å². The maximum Gasteiger partial charge on any atom is 0.327 e. The third-order valence-corrected chi connectivity index (χ3v) is 6.14. The maximum absolute atomic E-state index is 12.9. The number of hydrogen-bond acceptors (Lipinski definition) is 4. The summed E-state index contributed by atoms with van der Waals surface area (Å²) in [5.74, 6) is -0.497. The van der Waals surface area contributed by atoms with Gasteiger partial charge in [0.1, 0.15) is 12.1 Å². The van der Waals surface area contributed by atoms with E-state index >= 15 is 0 Å². The second-order valence-corrected chi connectivity index (χ2v) is 7.56. The molecule has 0 radical (unpaired) electrons. The van der Waals surface area contributed by atoms with Crippen LogP contribution in [0.25, 0.3) is 0 Å². The van der Waals surface area contributed by atoms with Gasteiger partial charge in [-0.1, -0.05) is 32.1 Å². The first-order valence-electron chi connectivity index (χ1n) is 9.05. The van der Waals surface area contributed by atoms with Gasteiger partial charge in [0.25, 0.3) is 5.91 Å². The molecule has 0 aromatic heterocycles. The number of likely N-dealkylation sites (N-methyl/N-ethyl adjacent to an activating group) is 1. The van der Waals surface area contributed by atoms with Crippen LogP contribution >= 0.6 is 0 Å². The van der Waals surface area contributed by atoms with E-state index in [2.05, 4.69) is 5.32 Å². The van der Waals surface area contributed by atoms with Crippen LogP contribution in [0.15, 0.2) is 0 Å². The molecule has 0 unspecified atom stereocenters. The molecule has 7 heteroatoms. The second kappa shape index (κ2) is 6.35. The number of amides is 4. The number of imide groups is 1. The standard InChI is InChI=1S/C17H28N4O3/c1-20-15(24)21(14(23)17(20)9-3-2-4-10-17)11-13(22)19-16(12-18)7-5-6-8-16/h2-12,18H2,1H3,(H,19,22). The minimum Gasteiger partial charge on any atom is -0.348 e. The molecule has 3 N–H and O–H groups in total. The summed E-state index contributed by atoms with van der Waals surface area (Å²) in [6, 6.07) is -0.356. The van der Waals surface area contributed by atoms with Crippen molar-refractivity contribution in [1.29, 1.82) is 0 Å². The molecule has 3 fully saturated rings. The Morgan fingerprint density at radius 1 is 1.08 bits per heavy atom. The molecule has 1 spiro atoms. The van der Waals surface area contributed by atoms with Crippen molar-refractivity contribution < 1.29 is 14.4 Å². The lowest BCUT2D eigenvalue weighted by atomic mass is 9.81. The first-order valence-corrected chi connectivity index (χ1v) is 9.05. The normalized spacial score (nSPS) is 25.6. The van der Waals surface area contributed by atoms with Crippen LogP contribution in [-0.4, -0.2) is 58.9 Å². The Hall–Kier alpha value is -1.63. The number of carbonyl (C=O) groups excluding carboxylic acids is 3. The highest BCUT2D eigenvalue weighted by atomic mass is 16.2. The maximum atomic E-state index is 12.9. The van der Waals surface area contributed by atoms with Gasteiger partial charge in [0.15, 0.2) is 0 Å². The topological polar surface area (TPSA) is 95.7 Å². The molecule has 1 heterocycles. The van der Waals surface area contributed by atoms with Gasteiger partial charge in [-0.3, -0.25) is 14.5 Å². The van der Waals surface area contributed by atoms with Crippen molar-refractivity contribution in [3.05, 3.63) is 0 Å². The minimum atomic E-state index is -0.728. The Bertz CT molecular complexity index is 536. The molecule has 2 aliphatic carbocycles. The van der Waals surface area contributed by atoms with Gasteiger partial charge in [-0.05, 0) is 25.7 Å². The zero-order valence-corrected chi connectivity index (χ0v) is 14.5. The lowest BCUT2D eigenvalue weighted by Gasteiger charge is -2.35. The molecule has 0 bridgehead atoms. The molecule has 7 nitrogen and oxygen atoms in total. The van der Waals surface area contributed by atoms with Gasteiger partial charge >= 0.3 is 6.03 Å². The molecule has 0 aromatic rings. The number of rotatable bonds is 4. The molecule has 134 valence electrons. The van der Waals surface area contributed by atoms with Gasteiger partial charge in [-0.15, -0.1) is 0 Å². The van der Waals surface area contributed by atoms with Crippen LogP contribution in [0.5, 0.6) is 0 Å². The summed E-state index contributed by atoms with van der Waals surface area (Å²) in [5.41, 5.74) is 4.75. The highest BCUT2D eigenvalue weighted by molar-refractivity contribution is 6.09. The lowest BCUT2D eigenvalue weighted by Crippen LogP contribution is -2.55. The SMILES string of the molecule is CN1C(=O)N(CC(=O)NC2(CN)CCCC2)C(=O)C12CCCCC2. The van der Waals surface area contributed by atoms with Crippen molar-refractivity contribution in [1.82, 2.24) is 15.1 Å². The highest BCUT2D eigenvalue weighted by Gasteiger charge is 2.56. The summed E-state index contributed by atoms with van der Waals surface area (Å²) in [5, 5.41) is 2.99. The predicted octanol–water partition coefficient (Wildman–Crippen LogP) is 0.971. The lowest BCUT2D eigenvalue weighted by molar-refractivity contribution is -0.137. The Morgan fingerprint density at radius 3 is 2.25 bits per heavy atom. The second-order valence-electron chi connectivity index (χ2n) is 7.56. The van der Waals surface area contributed by atoms with Crippen molar-refractivity contribution in [2.45, 2.75) is 68.9 Å². The fourth-order valence-corrected chi connectivity index (χ4v) is 4.58. The Kier molecular flexibility index (Phi) is 4.55. The molecule has 4 amide bonds. The molecular weight excluding hydrogens is 308 g/mol. The smallest absolute Gasteiger partial charge is 0.327 e. The van der Waals surface area contributed by atoms with E-state index in [-0.39, 0.29) is 29.9 Å². The molecule has 1 aliphatic heterocycles. The van der Waals surface area contributed by atoms with E-state index < -0.39 is 5.54 Å². The van der Waals surface area contributed by atoms with E-state index in [4.69, 9.17) is 5.73 Å². The van der Waals surface area contributed by atoms with Crippen LogP contribution in [0.4, 0.5) is 4.79 Å². The van der Waals surface area contributed by atoms with Gasteiger partial charge < -0.3 is 16.0 Å². The van der Waals surface area contributed by atoms with Gasteiger partial charge in [-0.25, -0.2) is 4.79 Å². The van der Waals surface area contributed by atoms with Crippen LogP contribution < -0.4 is 11.1 Å². The summed E-state index contributed by atoms with van der Waals surface area (Å²) in [7, 11) is 1.68. The number of nitrogens with zero attached hydrogens (tertiary/aromatic N) is 2. The molecule has 3 rings (SSSR count). The zero-order chi connectivity index (χ0) is 17.4. The number of carbonyl (C=O) groups is 3. The number of nitrogens with one attached hydrogen (secondary N) is 1. The fraction of sp³-hybridized carbons (Fsp3) is 0.824. The number of urea groups is 1. The van der Waals surface area contributed by atoms with Crippen molar-refractivity contribution in [2.24, 2.45) is 5.73 Å². The Balaban J connectivity index is 1.69. The summed E-state index contributed by atoms with van der Waals surface area (Å²) in [6.45, 7) is 0.190. The average molecular weight is 336 g/mol. The molecule has 3 aliphatic rings. The molecule has 0 atom stereocenters. The molecular formula is C17H28N4O3. The van der Waals surface area contributed by atoms with Crippen LogP contribution in [0.2, 0.25) is 0 Å². The van der Waals surface area contributed by atoms with Crippen molar-refractivity contribution >= 4 is 17.8 Å². The van der Waals surface area contributed by atoms with Crippen LogP contribution in [0.1, 0.15) is 57.8 Å². The first-order chi connectivity index (χ1) is 11.4. The van der Waals surface area contributed by atoms with E-state index in [1.54, 1.807) is 11.9 Å². The Labute approximate surface area is 142 Å². The quantitative estimate of drug-likeness (QED) is 0.748. The summed E-state index contributed by atoms with van der Waals surface area (Å²) < 4.78 is 0. The molecule has 0 aromatic carbocycles. The summed E-state index contributed by atoms with van der Waals surface area (Å²) in [6.07, 6.45) is 8.19. The summed E-state index contributed by atoms with van der Waals surface area (Å²) >= 11 is 0. The molecule has 2 saturated carbocycles. The fourth-order valence-electron chi connectivity index (χ4n) is 4.58. The van der Waals surface area contributed by atoms with Gasteiger partial charge in [-0.2, -0.15) is 0 Å². The minimum absolute atomic E-state index is 0.203. The van der Waals surface area contributed by atoms with E-state index in [0.29, 0.717) is 19.4 Å². The van der Waals surface area contributed by atoms with Crippen LogP contribution in [-0.2, 0) is 9.59 Å². The van der Waals surface area contributed by atoms with Gasteiger partial charge in [0.2, 0.25) is 5.91 Å². The van der Waals surface area contributed by atoms with Crippen LogP contribution in [0, 0.1) is 0 Å². The largest absolute Gasteiger partial charge is 0.348 e. The summed E-state index contributed by atoms with van der Waals surface area (Å²) in [4.78, 5) is 40.6.